The summed E-state index contributed by atoms with van der Waals surface area (Å²) in [4.78, 5) is 39.0. The van der Waals surface area contributed by atoms with Crippen molar-refractivity contribution in [2.45, 2.75) is 32.4 Å². The van der Waals surface area contributed by atoms with Gasteiger partial charge in [-0.2, -0.15) is 0 Å². The normalized spacial score (nSPS) is 22.1. The lowest BCUT2D eigenvalue weighted by Crippen LogP contribution is -2.43. The lowest BCUT2D eigenvalue weighted by atomic mass is 10.1. The number of aromatic amines is 1. The fourth-order valence-corrected chi connectivity index (χ4v) is 2.54. The number of nitrogens with zero attached hydrogens (tertiary/aromatic N) is 1. The lowest BCUT2D eigenvalue weighted by Gasteiger charge is -2.21. The smallest absolute Gasteiger partial charge is 0.326 e. The molecule has 1 amide bonds. The second-order valence-corrected chi connectivity index (χ2v) is 5.04. The van der Waals surface area contributed by atoms with Crippen molar-refractivity contribution in [3.8, 4) is 0 Å². The summed E-state index contributed by atoms with van der Waals surface area (Å²) in [5.41, 5.74) is 0.496. The van der Waals surface area contributed by atoms with E-state index >= 15 is 0 Å². The summed E-state index contributed by atoms with van der Waals surface area (Å²) in [7, 11) is 0. The van der Waals surface area contributed by atoms with Crippen molar-refractivity contribution in [1.82, 2.24) is 9.88 Å². The number of aromatic nitrogens is 1. The number of carbonyl (C=O) groups excluding carboxylic acids is 1. The first-order valence-electron chi connectivity index (χ1n) is 6.23. The number of aliphatic hydroxyl groups excluding tert-OH is 1. The van der Waals surface area contributed by atoms with E-state index in [0.717, 1.165) is 4.90 Å². The van der Waals surface area contributed by atoms with Crippen LogP contribution in [0.5, 0.6) is 0 Å². The maximum absolute atomic E-state index is 12.4. The minimum atomic E-state index is -1.18. The zero-order valence-electron chi connectivity index (χ0n) is 11.2. The van der Waals surface area contributed by atoms with E-state index in [1.165, 1.54) is 0 Å². The summed E-state index contributed by atoms with van der Waals surface area (Å²) in [6, 6.07) is 0.550. The van der Waals surface area contributed by atoms with Crippen molar-refractivity contribution in [3.63, 3.8) is 0 Å². The van der Waals surface area contributed by atoms with Crippen LogP contribution in [0.25, 0.3) is 0 Å². The highest BCUT2D eigenvalue weighted by atomic mass is 16.4. The van der Waals surface area contributed by atoms with Crippen LogP contribution in [0.3, 0.4) is 0 Å². The highest BCUT2D eigenvalue weighted by Gasteiger charge is 2.40. The Bertz CT molecular complexity index is 622. The Morgan fingerprint density at radius 2 is 2.05 bits per heavy atom. The molecule has 1 aromatic heterocycles. The topological polar surface area (TPSA) is 111 Å². The lowest BCUT2D eigenvalue weighted by molar-refractivity contribution is -0.141. The van der Waals surface area contributed by atoms with Crippen molar-refractivity contribution in [1.29, 1.82) is 0 Å². The highest BCUT2D eigenvalue weighted by molar-refractivity contribution is 5.97. The maximum atomic E-state index is 12.4. The fourth-order valence-electron chi connectivity index (χ4n) is 2.54. The molecule has 2 rings (SSSR count). The molecular weight excluding hydrogens is 264 g/mol. The van der Waals surface area contributed by atoms with Crippen molar-refractivity contribution in [3.05, 3.63) is 33.2 Å². The first kappa shape index (κ1) is 14.3. The molecule has 7 nitrogen and oxygen atoms in total. The molecule has 7 heteroatoms. The number of likely N-dealkylation sites (tertiary alicyclic amines) is 1. The summed E-state index contributed by atoms with van der Waals surface area (Å²) in [5, 5.41) is 18.6. The van der Waals surface area contributed by atoms with E-state index in [-0.39, 0.29) is 18.5 Å². The van der Waals surface area contributed by atoms with Gasteiger partial charge in [0, 0.05) is 18.7 Å². The summed E-state index contributed by atoms with van der Waals surface area (Å²) in [5.74, 6) is -1.84. The van der Waals surface area contributed by atoms with Gasteiger partial charge in [-0.05, 0) is 25.5 Å². The van der Waals surface area contributed by atoms with Crippen LogP contribution in [0.2, 0.25) is 0 Å². The summed E-state index contributed by atoms with van der Waals surface area (Å²) in [6.45, 7) is 3.24. The van der Waals surface area contributed by atoms with Gasteiger partial charge in [0.25, 0.3) is 11.5 Å². The number of aliphatic carboxylic acids is 1. The zero-order valence-corrected chi connectivity index (χ0v) is 11.2. The minimum absolute atomic E-state index is 0.0239. The molecule has 3 N–H and O–H groups in total. The molecule has 0 saturated carbocycles. The molecule has 0 radical (unpaired) electrons. The fraction of sp³-hybridized carbons (Fsp3) is 0.462. The van der Waals surface area contributed by atoms with Crippen LogP contribution in [-0.4, -0.2) is 50.7 Å². The molecule has 2 heterocycles. The Morgan fingerprint density at radius 1 is 1.40 bits per heavy atom. The highest BCUT2D eigenvalue weighted by Crippen LogP contribution is 2.21. The van der Waals surface area contributed by atoms with Crippen LogP contribution in [0.4, 0.5) is 0 Å². The third kappa shape index (κ3) is 2.44. The van der Waals surface area contributed by atoms with Crippen LogP contribution in [0.15, 0.2) is 10.9 Å². The van der Waals surface area contributed by atoms with Gasteiger partial charge in [0.2, 0.25) is 0 Å². The number of amides is 1. The summed E-state index contributed by atoms with van der Waals surface area (Å²) in [6.07, 6.45) is -0.908. The molecule has 1 saturated heterocycles. The van der Waals surface area contributed by atoms with Crippen molar-refractivity contribution in [2.24, 2.45) is 0 Å². The Balaban J connectivity index is 2.41. The van der Waals surface area contributed by atoms with Crippen molar-refractivity contribution < 1.29 is 19.8 Å². The van der Waals surface area contributed by atoms with E-state index in [1.807, 2.05) is 0 Å². The number of aryl methyl sites for hydroxylation is 2. The van der Waals surface area contributed by atoms with Gasteiger partial charge in [-0.15, -0.1) is 0 Å². The summed E-state index contributed by atoms with van der Waals surface area (Å²) >= 11 is 0. The van der Waals surface area contributed by atoms with Gasteiger partial charge in [-0.3, -0.25) is 9.59 Å². The number of aliphatic hydroxyl groups is 1. The van der Waals surface area contributed by atoms with E-state index < -0.39 is 29.6 Å². The van der Waals surface area contributed by atoms with Crippen LogP contribution in [0.1, 0.15) is 28.0 Å². The van der Waals surface area contributed by atoms with Gasteiger partial charge >= 0.3 is 5.97 Å². The van der Waals surface area contributed by atoms with Gasteiger partial charge < -0.3 is 20.1 Å². The average molecular weight is 280 g/mol. The number of nitrogens with one attached hydrogen (secondary N) is 1. The first-order valence-corrected chi connectivity index (χ1v) is 6.23. The molecule has 0 spiro atoms. The molecule has 0 bridgehead atoms. The van der Waals surface area contributed by atoms with Gasteiger partial charge in [0.15, 0.2) is 0 Å². The van der Waals surface area contributed by atoms with Crippen LogP contribution in [-0.2, 0) is 4.79 Å². The van der Waals surface area contributed by atoms with Crippen LogP contribution < -0.4 is 5.56 Å². The predicted molar refractivity (Wildman–Crippen MR) is 69.6 cm³/mol. The van der Waals surface area contributed by atoms with E-state index in [4.69, 9.17) is 5.11 Å². The molecule has 1 aliphatic heterocycles. The van der Waals surface area contributed by atoms with Crippen LogP contribution >= 0.6 is 0 Å². The Labute approximate surface area is 114 Å². The molecular formula is C13H16N2O5. The molecule has 108 valence electrons. The zero-order chi connectivity index (χ0) is 15.0. The molecule has 1 aromatic rings. The number of H-pyrrole nitrogens is 1. The average Bonchev–Trinajstić information content (AvgIpc) is 2.70. The molecule has 0 aliphatic carbocycles. The maximum Gasteiger partial charge on any atom is 0.326 e. The molecule has 2 unspecified atom stereocenters. The van der Waals surface area contributed by atoms with E-state index in [0.29, 0.717) is 11.3 Å². The van der Waals surface area contributed by atoms with Gasteiger partial charge in [-0.25, -0.2) is 4.79 Å². The number of hydrogen-bond donors (Lipinski definition) is 3. The van der Waals surface area contributed by atoms with E-state index in [2.05, 4.69) is 4.98 Å². The largest absolute Gasteiger partial charge is 0.480 e. The van der Waals surface area contributed by atoms with E-state index in [9.17, 15) is 19.5 Å². The molecule has 20 heavy (non-hydrogen) atoms. The summed E-state index contributed by atoms with van der Waals surface area (Å²) < 4.78 is 0. The molecule has 1 fully saturated rings. The SMILES string of the molecule is Cc1cc(C)c(C(=O)N2CC(O)CC2C(=O)O)c(=O)[nH]1. The second-order valence-electron chi connectivity index (χ2n) is 5.04. The van der Waals surface area contributed by atoms with Gasteiger partial charge in [0.1, 0.15) is 11.6 Å². The number of rotatable bonds is 2. The number of carboxylic acids is 1. The Hall–Kier alpha value is -2.15. The molecule has 0 aromatic carbocycles. The number of pyridine rings is 1. The number of β-amino-alcohol motifs (C(OH)–C–C–N with tert-alkyl or cyclic N) is 1. The monoisotopic (exact) mass is 280 g/mol. The number of carboxylic acid groups (broad SMARTS) is 1. The Morgan fingerprint density at radius 3 is 2.60 bits per heavy atom. The van der Waals surface area contributed by atoms with Gasteiger partial charge in [-0.1, -0.05) is 0 Å². The standard InChI is InChI=1S/C13H16N2O5/c1-6-3-7(2)14-11(17)10(6)12(18)15-5-8(16)4-9(15)13(19)20/h3,8-9,16H,4-5H2,1-2H3,(H,14,17)(H,19,20). The third-order valence-corrected chi connectivity index (χ3v) is 3.40. The second kappa shape index (κ2) is 5.09. The van der Waals surface area contributed by atoms with Gasteiger partial charge in [0.05, 0.1) is 6.10 Å². The predicted octanol–water partition coefficient (Wildman–Crippen LogP) is -0.348. The number of carbonyl (C=O) groups is 2. The van der Waals surface area contributed by atoms with Crippen LogP contribution in [0, 0.1) is 13.8 Å². The van der Waals surface area contributed by atoms with E-state index in [1.54, 1.807) is 19.9 Å². The molecule has 2 atom stereocenters. The first-order chi connectivity index (χ1) is 9.31. The quantitative estimate of drug-likeness (QED) is 0.686. The number of hydrogen-bond acceptors (Lipinski definition) is 4. The minimum Gasteiger partial charge on any atom is -0.480 e. The Kier molecular flexibility index (Phi) is 3.63. The van der Waals surface area contributed by atoms with Crippen molar-refractivity contribution >= 4 is 11.9 Å². The third-order valence-electron chi connectivity index (χ3n) is 3.40. The van der Waals surface area contributed by atoms with Crippen molar-refractivity contribution in [2.75, 3.05) is 6.54 Å². The molecule has 1 aliphatic rings.